The summed E-state index contributed by atoms with van der Waals surface area (Å²) in [6.07, 6.45) is 0.691. The Kier molecular flexibility index (Phi) is 5.44. The molecule has 2 atom stereocenters. The van der Waals surface area contributed by atoms with Crippen LogP contribution in [0, 0.1) is 0 Å². The van der Waals surface area contributed by atoms with Gasteiger partial charge in [0.15, 0.2) is 0 Å². The van der Waals surface area contributed by atoms with Crippen LogP contribution in [0.4, 0.5) is 0 Å². The molecule has 1 aromatic carbocycles. The molecule has 2 unspecified atom stereocenters. The van der Waals surface area contributed by atoms with E-state index in [0.29, 0.717) is 13.1 Å². The molecule has 1 aromatic heterocycles. The number of hydrogen-bond donors (Lipinski definition) is 2. The lowest BCUT2D eigenvalue weighted by atomic mass is 10.1. The van der Waals surface area contributed by atoms with E-state index >= 15 is 0 Å². The van der Waals surface area contributed by atoms with Gasteiger partial charge in [-0.3, -0.25) is 4.90 Å². The molecule has 0 bridgehead atoms. The molecule has 1 aliphatic heterocycles. The standard InChI is InChI=1S/C17H23NO3S/c19-15-11-18(12-16(15)20)6-1-7-21-8-4-13-2-3-17-14(10-13)5-9-22-17/h2-3,5,9-10,15-16,19-20H,1,4,6-8,11-12H2. The zero-order valence-corrected chi connectivity index (χ0v) is 13.5. The van der Waals surface area contributed by atoms with Gasteiger partial charge < -0.3 is 14.9 Å². The number of thiophene rings is 1. The van der Waals surface area contributed by atoms with Crippen LogP contribution in [0.1, 0.15) is 12.0 Å². The highest BCUT2D eigenvalue weighted by atomic mass is 32.1. The third kappa shape index (κ3) is 4.06. The highest BCUT2D eigenvalue weighted by Gasteiger charge is 2.28. The van der Waals surface area contributed by atoms with E-state index in [1.54, 1.807) is 11.3 Å². The highest BCUT2D eigenvalue weighted by molar-refractivity contribution is 7.17. The van der Waals surface area contributed by atoms with Crippen molar-refractivity contribution in [1.82, 2.24) is 4.90 Å². The molecule has 0 spiro atoms. The lowest BCUT2D eigenvalue weighted by Crippen LogP contribution is -2.24. The maximum absolute atomic E-state index is 9.47. The Labute approximate surface area is 134 Å². The molecule has 120 valence electrons. The van der Waals surface area contributed by atoms with Gasteiger partial charge in [-0.05, 0) is 41.3 Å². The smallest absolute Gasteiger partial charge is 0.0938 e. The number of benzene rings is 1. The fraction of sp³-hybridized carbons (Fsp3) is 0.529. The van der Waals surface area contributed by atoms with Gasteiger partial charge in [0.05, 0.1) is 18.8 Å². The zero-order valence-electron chi connectivity index (χ0n) is 12.6. The number of aliphatic hydroxyl groups is 2. The average Bonchev–Trinajstić information content (AvgIpc) is 3.09. The van der Waals surface area contributed by atoms with Gasteiger partial charge in [0.25, 0.3) is 0 Å². The average molecular weight is 321 g/mol. The minimum absolute atomic E-state index is 0.571. The second-order valence-corrected chi connectivity index (χ2v) is 6.85. The van der Waals surface area contributed by atoms with Crippen LogP contribution in [-0.2, 0) is 11.2 Å². The predicted octanol–water partition coefficient (Wildman–Crippen LogP) is 1.89. The Morgan fingerprint density at radius 1 is 1.14 bits per heavy atom. The molecule has 22 heavy (non-hydrogen) atoms. The quantitative estimate of drug-likeness (QED) is 0.765. The van der Waals surface area contributed by atoms with Crippen molar-refractivity contribution in [3.8, 4) is 0 Å². The summed E-state index contributed by atoms with van der Waals surface area (Å²) in [5.41, 5.74) is 1.32. The van der Waals surface area contributed by atoms with E-state index in [0.717, 1.165) is 32.6 Å². The van der Waals surface area contributed by atoms with E-state index in [4.69, 9.17) is 4.74 Å². The first-order chi connectivity index (χ1) is 10.7. The lowest BCUT2D eigenvalue weighted by Gasteiger charge is -2.14. The summed E-state index contributed by atoms with van der Waals surface area (Å²) < 4.78 is 7.03. The first-order valence-electron chi connectivity index (χ1n) is 7.85. The summed E-state index contributed by atoms with van der Waals surface area (Å²) in [4.78, 5) is 2.09. The first kappa shape index (κ1) is 15.9. The fourth-order valence-corrected chi connectivity index (χ4v) is 3.65. The number of β-amino-alcohol motifs (C(OH)–C–C–N with tert-alkyl or cyclic N) is 2. The number of ether oxygens (including phenoxy) is 1. The van der Waals surface area contributed by atoms with Crippen molar-refractivity contribution < 1.29 is 14.9 Å². The number of likely N-dealkylation sites (tertiary alicyclic amines) is 1. The van der Waals surface area contributed by atoms with E-state index in [9.17, 15) is 10.2 Å². The van der Waals surface area contributed by atoms with Crippen LogP contribution in [-0.4, -0.2) is 60.2 Å². The minimum atomic E-state index is -0.590. The SMILES string of the molecule is OC1CN(CCCOCCc2ccc3sccc3c2)CC1O. The van der Waals surface area contributed by atoms with Crippen LogP contribution in [0.25, 0.3) is 10.1 Å². The molecule has 0 radical (unpaired) electrons. The summed E-state index contributed by atoms with van der Waals surface area (Å²) in [5.74, 6) is 0. The molecule has 1 fully saturated rings. The van der Waals surface area contributed by atoms with Gasteiger partial charge in [-0.1, -0.05) is 12.1 Å². The summed E-state index contributed by atoms with van der Waals surface area (Å²) in [6, 6.07) is 8.75. The second kappa shape index (κ2) is 7.53. The van der Waals surface area contributed by atoms with Crippen LogP contribution in [0.3, 0.4) is 0 Å². The number of hydrogen-bond acceptors (Lipinski definition) is 5. The second-order valence-electron chi connectivity index (χ2n) is 5.90. The molecular formula is C17H23NO3S. The Hall–Kier alpha value is -0.980. The molecule has 0 amide bonds. The fourth-order valence-electron chi connectivity index (χ4n) is 2.88. The third-order valence-electron chi connectivity index (χ3n) is 4.15. The Bertz CT molecular complexity index is 590. The number of aliphatic hydroxyl groups excluding tert-OH is 2. The molecule has 4 nitrogen and oxygen atoms in total. The van der Waals surface area contributed by atoms with Crippen LogP contribution >= 0.6 is 11.3 Å². The van der Waals surface area contributed by atoms with Crippen molar-refractivity contribution in [2.24, 2.45) is 0 Å². The van der Waals surface area contributed by atoms with Gasteiger partial charge in [-0.25, -0.2) is 0 Å². The van der Waals surface area contributed by atoms with Gasteiger partial charge in [0.2, 0.25) is 0 Å². The van der Waals surface area contributed by atoms with Crippen molar-refractivity contribution in [1.29, 1.82) is 0 Å². The van der Waals surface area contributed by atoms with E-state index < -0.39 is 12.2 Å². The normalized spacial score (nSPS) is 22.6. The predicted molar refractivity (Wildman–Crippen MR) is 89.4 cm³/mol. The molecule has 0 aliphatic carbocycles. The third-order valence-corrected chi connectivity index (χ3v) is 5.05. The van der Waals surface area contributed by atoms with Crippen LogP contribution in [0.2, 0.25) is 0 Å². The zero-order chi connectivity index (χ0) is 15.4. The number of rotatable bonds is 7. The maximum atomic E-state index is 9.47. The number of nitrogens with zero attached hydrogens (tertiary/aromatic N) is 1. The Balaban J connectivity index is 1.30. The Morgan fingerprint density at radius 3 is 2.77 bits per heavy atom. The molecule has 1 saturated heterocycles. The summed E-state index contributed by atoms with van der Waals surface area (Å²) >= 11 is 1.77. The summed E-state index contributed by atoms with van der Waals surface area (Å²) in [6.45, 7) is 3.48. The molecule has 3 rings (SSSR count). The van der Waals surface area contributed by atoms with Crippen LogP contribution in [0.5, 0.6) is 0 Å². The van der Waals surface area contributed by atoms with E-state index in [1.165, 1.54) is 15.6 Å². The highest BCUT2D eigenvalue weighted by Crippen LogP contribution is 2.21. The molecule has 5 heteroatoms. The van der Waals surface area contributed by atoms with Crippen molar-refractivity contribution in [3.63, 3.8) is 0 Å². The molecule has 2 aromatic rings. The van der Waals surface area contributed by atoms with Gasteiger partial charge in [-0.2, -0.15) is 0 Å². The maximum Gasteiger partial charge on any atom is 0.0938 e. The molecular weight excluding hydrogens is 298 g/mol. The van der Waals surface area contributed by atoms with Gasteiger partial charge >= 0.3 is 0 Å². The van der Waals surface area contributed by atoms with Crippen LogP contribution in [0.15, 0.2) is 29.6 Å². The van der Waals surface area contributed by atoms with E-state index in [2.05, 4.69) is 34.5 Å². The number of fused-ring (bicyclic) bond motifs is 1. The molecule has 1 aliphatic rings. The first-order valence-corrected chi connectivity index (χ1v) is 8.73. The van der Waals surface area contributed by atoms with Crippen molar-refractivity contribution in [3.05, 3.63) is 35.2 Å². The van der Waals surface area contributed by atoms with Gasteiger partial charge in [0.1, 0.15) is 0 Å². The van der Waals surface area contributed by atoms with Gasteiger partial charge in [-0.15, -0.1) is 11.3 Å². The topological polar surface area (TPSA) is 52.9 Å². The molecule has 0 saturated carbocycles. The van der Waals surface area contributed by atoms with Crippen molar-refractivity contribution in [2.75, 3.05) is 32.8 Å². The van der Waals surface area contributed by atoms with Gasteiger partial charge in [0, 0.05) is 30.9 Å². The summed E-state index contributed by atoms with van der Waals surface area (Å²) in [5, 5.41) is 22.4. The summed E-state index contributed by atoms with van der Waals surface area (Å²) in [7, 11) is 0. The lowest BCUT2D eigenvalue weighted by molar-refractivity contribution is 0.0572. The van der Waals surface area contributed by atoms with E-state index in [-0.39, 0.29) is 0 Å². The largest absolute Gasteiger partial charge is 0.389 e. The Morgan fingerprint density at radius 2 is 1.95 bits per heavy atom. The molecule has 2 heterocycles. The van der Waals surface area contributed by atoms with E-state index in [1.807, 2.05) is 0 Å². The minimum Gasteiger partial charge on any atom is -0.389 e. The van der Waals surface area contributed by atoms with Crippen LogP contribution < -0.4 is 0 Å². The van der Waals surface area contributed by atoms with Crippen molar-refractivity contribution in [2.45, 2.75) is 25.0 Å². The molecule has 2 N–H and O–H groups in total. The monoisotopic (exact) mass is 321 g/mol. The van der Waals surface area contributed by atoms with Crippen molar-refractivity contribution >= 4 is 21.4 Å².